The molecule has 104 valence electrons. The first kappa shape index (κ1) is 16.6. The van der Waals surface area contributed by atoms with E-state index >= 15 is 0 Å². The van der Waals surface area contributed by atoms with E-state index in [1.54, 1.807) is 0 Å². The van der Waals surface area contributed by atoms with Crippen molar-refractivity contribution in [1.29, 1.82) is 0 Å². The number of rotatable bonds is 2. The number of pyridine rings is 1. The molecule has 0 aliphatic heterocycles. The van der Waals surface area contributed by atoms with Crippen molar-refractivity contribution in [2.75, 3.05) is 12.4 Å². The molecule has 0 aliphatic carbocycles. The van der Waals surface area contributed by atoms with Gasteiger partial charge in [0.25, 0.3) is 9.70 Å². The third-order valence-electron chi connectivity index (χ3n) is 1.85. The Morgan fingerprint density at radius 3 is 2.37 bits per heavy atom. The summed E-state index contributed by atoms with van der Waals surface area (Å²) in [5.41, 5.74) is -0.274. The first-order valence-corrected chi connectivity index (χ1v) is 6.38. The van der Waals surface area contributed by atoms with Crippen LogP contribution < -0.4 is 5.32 Å². The predicted octanol–water partition coefficient (Wildman–Crippen LogP) is 3.48. The standard InChI is InChI=1S/C9H5Cl5N2O3/c1-19-7(17)3-2-4(10)15-6(11)5(3)16-8(18)9(12,13)14/h2H,1H3,(H,16,18). The maximum absolute atomic E-state index is 11.6. The zero-order valence-corrected chi connectivity index (χ0v) is 12.9. The molecule has 1 rings (SSSR count). The highest BCUT2D eigenvalue weighted by molar-refractivity contribution is 6.76. The fourth-order valence-corrected chi connectivity index (χ4v) is 1.68. The molecule has 0 radical (unpaired) electrons. The highest BCUT2D eigenvalue weighted by Gasteiger charge is 2.32. The number of alkyl halides is 3. The van der Waals surface area contributed by atoms with Crippen molar-refractivity contribution < 1.29 is 14.3 Å². The molecule has 10 heteroatoms. The lowest BCUT2D eigenvalue weighted by Gasteiger charge is -2.14. The van der Waals surface area contributed by atoms with Gasteiger partial charge in [-0.15, -0.1) is 0 Å². The van der Waals surface area contributed by atoms with Crippen LogP contribution in [0, 0.1) is 0 Å². The largest absolute Gasteiger partial charge is 0.465 e. The highest BCUT2D eigenvalue weighted by Crippen LogP contribution is 2.32. The first-order valence-electron chi connectivity index (χ1n) is 4.49. The first-order chi connectivity index (χ1) is 8.66. The Morgan fingerprint density at radius 1 is 1.32 bits per heavy atom. The summed E-state index contributed by atoms with van der Waals surface area (Å²) >= 11 is 27.6. The van der Waals surface area contributed by atoms with E-state index in [0.29, 0.717) is 0 Å². The van der Waals surface area contributed by atoms with E-state index in [0.717, 1.165) is 13.2 Å². The Hall–Kier alpha value is -0.460. The number of aromatic nitrogens is 1. The van der Waals surface area contributed by atoms with Crippen LogP contribution in [-0.2, 0) is 9.53 Å². The van der Waals surface area contributed by atoms with E-state index in [4.69, 9.17) is 58.0 Å². The van der Waals surface area contributed by atoms with Gasteiger partial charge in [-0.2, -0.15) is 0 Å². The van der Waals surface area contributed by atoms with Crippen molar-refractivity contribution in [3.63, 3.8) is 0 Å². The molecule has 5 nitrogen and oxygen atoms in total. The van der Waals surface area contributed by atoms with Gasteiger partial charge in [0.15, 0.2) is 5.15 Å². The molecule has 1 N–H and O–H groups in total. The average molecular weight is 366 g/mol. The van der Waals surface area contributed by atoms with Gasteiger partial charge in [0.1, 0.15) is 5.15 Å². The Kier molecular flexibility index (Phi) is 5.53. The van der Waals surface area contributed by atoms with Crippen LogP contribution in [-0.4, -0.2) is 27.8 Å². The van der Waals surface area contributed by atoms with Gasteiger partial charge in [-0.25, -0.2) is 9.78 Å². The molecule has 0 bridgehead atoms. The van der Waals surface area contributed by atoms with Gasteiger partial charge in [0.2, 0.25) is 0 Å². The van der Waals surface area contributed by atoms with Crippen molar-refractivity contribution in [2.45, 2.75) is 3.79 Å². The lowest BCUT2D eigenvalue weighted by molar-refractivity contribution is -0.115. The summed E-state index contributed by atoms with van der Waals surface area (Å²) in [6.45, 7) is 0. The Bertz CT molecular complexity index is 529. The normalized spacial score (nSPS) is 11.1. The van der Waals surface area contributed by atoms with Gasteiger partial charge in [-0.3, -0.25) is 4.79 Å². The molecule has 0 saturated heterocycles. The Morgan fingerprint density at radius 2 is 1.89 bits per heavy atom. The number of carbonyl (C=O) groups is 2. The van der Waals surface area contributed by atoms with E-state index in [1.165, 1.54) is 0 Å². The molecular weight excluding hydrogens is 361 g/mol. The summed E-state index contributed by atoms with van der Waals surface area (Å²) in [6, 6.07) is 1.16. The fraction of sp³-hybridized carbons (Fsp3) is 0.222. The minimum atomic E-state index is -2.23. The summed E-state index contributed by atoms with van der Waals surface area (Å²) < 4.78 is 2.29. The average Bonchev–Trinajstić information content (AvgIpc) is 2.29. The molecule has 1 heterocycles. The second-order valence-electron chi connectivity index (χ2n) is 3.10. The monoisotopic (exact) mass is 364 g/mol. The van der Waals surface area contributed by atoms with Crippen molar-refractivity contribution in [3.8, 4) is 0 Å². The number of nitrogens with zero attached hydrogens (tertiary/aromatic N) is 1. The van der Waals surface area contributed by atoms with Gasteiger partial charge in [0.05, 0.1) is 18.4 Å². The zero-order chi connectivity index (χ0) is 14.8. The molecule has 1 aromatic heterocycles. The smallest absolute Gasteiger partial charge is 0.340 e. The van der Waals surface area contributed by atoms with Gasteiger partial charge >= 0.3 is 5.97 Å². The molecular formula is C9H5Cl5N2O3. The van der Waals surface area contributed by atoms with E-state index in [9.17, 15) is 9.59 Å². The molecule has 0 atom stereocenters. The van der Waals surface area contributed by atoms with E-state index < -0.39 is 15.7 Å². The zero-order valence-electron chi connectivity index (χ0n) is 9.14. The van der Waals surface area contributed by atoms with Crippen LogP contribution in [0.4, 0.5) is 5.69 Å². The number of ether oxygens (including phenoxy) is 1. The molecule has 0 aliphatic rings. The van der Waals surface area contributed by atoms with Crippen LogP contribution in [0.1, 0.15) is 10.4 Å². The van der Waals surface area contributed by atoms with Crippen LogP contribution in [0.2, 0.25) is 10.3 Å². The molecule has 0 spiro atoms. The van der Waals surface area contributed by atoms with Crippen LogP contribution in [0.3, 0.4) is 0 Å². The summed E-state index contributed by atoms with van der Waals surface area (Å²) in [5, 5.41) is 1.87. The Labute approximate surface area is 133 Å². The van der Waals surface area contributed by atoms with Crippen molar-refractivity contribution >= 4 is 75.6 Å². The van der Waals surface area contributed by atoms with Gasteiger partial charge in [-0.1, -0.05) is 58.0 Å². The quantitative estimate of drug-likeness (QED) is 0.494. The third-order valence-corrected chi connectivity index (χ3v) is 2.83. The number of esters is 1. The lowest BCUT2D eigenvalue weighted by atomic mass is 10.2. The van der Waals surface area contributed by atoms with Gasteiger partial charge < -0.3 is 10.1 Å². The van der Waals surface area contributed by atoms with E-state index in [2.05, 4.69) is 15.0 Å². The number of halogens is 5. The number of hydrogen-bond donors (Lipinski definition) is 1. The Balaban J connectivity index is 3.26. The molecule has 19 heavy (non-hydrogen) atoms. The number of carbonyl (C=O) groups excluding carboxylic acids is 2. The third kappa shape index (κ3) is 4.26. The maximum atomic E-state index is 11.6. The minimum Gasteiger partial charge on any atom is -0.465 e. The maximum Gasteiger partial charge on any atom is 0.340 e. The molecule has 1 aromatic rings. The number of amides is 1. The number of methoxy groups -OCH3 is 1. The molecule has 0 unspecified atom stereocenters. The summed E-state index contributed by atoms with van der Waals surface area (Å²) in [5.74, 6) is -1.79. The van der Waals surface area contributed by atoms with Crippen LogP contribution in [0.15, 0.2) is 6.07 Å². The van der Waals surface area contributed by atoms with Gasteiger partial charge in [-0.05, 0) is 6.07 Å². The minimum absolute atomic E-state index is 0.0581. The van der Waals surface area contributed by atoms with E-state index in [1.807, 2.05) is 0 Å². The number of nitrogens with one attached hydrogen (secondary N) is 1. The van der Waals surface area contributed by atoms with Crippen molar-refractivity contribution in [3.05, 3.63) is 21.9 Å². The lowest BCUT2D eigenvalue weighted by Crippen LogP contribution is -2.28. The van der Waals surface area contributed by atoms with Gasteiger partial charge in [0, 0.05) is 0 Å². The predicted molar refractivity (Wildman–Crippen MR) is 74.5 cm³/mol. The second kappa shape index (κ2) is 6.33. The summed E-state index contributed by atoms with van der Waals surface area (Å²) in [7, 11) is 1.14. The van der Waals surface area contributed by atoms with E-state index in [-0.39, 0.29) is 21.6 Å². The second-order valence-corrected chi connectivity index (χ2v) is 6.13. The van der Waals surface area contributed by atoms with Crippen LogP contribution in [0.25, 0.3) is 0 Å². The number of hydrogen-bond acceptors (Lipinski definition) is 4. The summed E-state index contributed by atoms with van der Waals surface area (Å²) in [4.78, 5) is 26.8. The fourth-order valence-electron chi connectivity index (χ4n) is 1.06. The topological polar surface area (TPSA) is 68.3 Å². The molecule has 0 saturated carbocycles. The van der Waals surface area contributed by atoms with Crippen LogP contribution in [0.5, 0.6) is 0 Å². The SMILES string of the molecule is COC(=O)c1cc(Cl)nc(Cl)c1NC(=O)C(Cl)(Cl)Cl. The summed E-state index contributed by atoms with van der Waals surface area (Å²) in [6.07, 6.45) is 0. The molecule has 1 amide bonds. The van der Waals surface area contributed by atoms with Crippen molar-refractivity contribution in [2.24, 2.45) is 0 Å². The molecule has 0 fully saturated rings. The molecule has 0 aromatic carbocycles. The van der Waals surface area contributed by atoms with Crippen LogP contribution >= 0.6 is 58.0 Å². The number of anilines is 1. The highest BCUT2D eigenvalue weighted by atomic mass is 35.6. The van der Waals surface area contributed by atoms with Crippen molar-refractivity contribution in [1.82, 2.24) is 4.98 Å².